The zero-order valence-electron chi connectivity index (χ0n) is 33.7. The predicted octanol–water partition coefficient (Wildman–Crippen LogP) is 11.7. The first kappa shape index (κ1) is 49.3. The quantitative estimate of drug-likeness (QED) is 0.0157. The highest BCUT2D eigenvalue weighted by Crippen LogP contribution is 2.43. The van der Waals surface area contributed by atoms with Crippen LogP contribution < -0.4 is 5.73 Å². The summed E-state index contributed by atoms with van der Waals surface area (Å²) in [6.07, 6.45) is 45.4. The summed E-state index contributed by atoms with van der Waals surface area (Å²) in [4.78, 5) is 22.4. The number of esters is 1. The molecule has 3 unspecified atom stereocenters. The van der Waals surface area contributed by atoms with Crippen LogP contribution in [-0.4, -0.2) is 55.5 Å². The van der Waals surface area contributed by atoms with Crippen molar-refractivity contribution in [3.63, 3.8) is 0 Å². The third kappa shape index (κ3) is 33.3. The molecule has 1 rings (SSSR count). The van der Waals surface area contributed by atoms with Crippen molar-refractivity contribution in [3.05, 3.63) is 48.8 Å². The molecular weight excluding hydrogens is 689 g/mol. The number of nitrogens with two attached hydrogens (primary N) is 1. The maximum Gasteiger partial charge on any atom is 0.472 e. The third-order valence-electron chi connectivity index (χ3n) is 9.22. The van der Waals surface area contributed by atoms with Crippen molar-refractivity contribution in [1.29, 1.82) is 0 Å². The van der Waals surface area contributed by atoms with E-state index in [0.29, 0.717) is 18.6 Å². The van der Waals surface area contributed by atoms with Crippen molar-refractivity contribution in [2.24, 2.45) is 5.73 Å². The van der Waals surface area contributed by atoms with E-state index in [4.69, 9.17) is 29.0 Å². The molecule has 4 atom stereocenters. The standard InChI is InChI=1S/C43H78NO8P/c1-3-5-7-9-11-12-13-14-15-16-17-18-19-23-27-31-36-48-38-40(39-50-53(46,47)49-37-35-44)51-43(45)34-30-26-22-20-21-25-29-33-42-41(52-42)32-28-24-10-8-6-4-2/h20,22,24-25,28-29,31,36,40-42H,3-19,21,23,26-27,30,32-35,37-39,44H2,1-2H3,(H,46,47)/b22-20-,28-24-,29-25-,36-31+/t40-,41?,42?/m1/s1. The number of carbonyl (C=O) groups is 1. The largest absolute Gasteiger partial charge is 0.498 e. The number of hydrogen-bond acceptors (Lipinski definition) is 8. The van der Waals surface area contributed by atoms with Gasteiger partial charge in [-0.25, -0.2) is 4.57 Å². The average Bonchev–Trinajstić information content (AvgIpc) is 3.90. The normalized spacial score (nSPS) is 17.7. The fourth-order valence-electron chi connectivity index (χ4n) is 5.94. The lowest BCUT2D eigenvalue weighted by Crippen LogP contribution is -2.27. The van der Waals surface area contributed by atoms with Gasteiger partial charge in [-0.2, -0.15) is 0 Å². The summed E-state index contributed by atoms with van der Waals surface area (Å²) >= 11 is 0. The molecule has 1 heterocycles. The topological polar surface area (TPSA) is 130 Å². The molecule has 0 bridgehead atoms. The Morgan fingerprint density at radius 2 is 1.19 bits per heavy atom. The number of allylic oxidation sites excluding steroid dienone is 5. The van der Waals surface area contributed by atoms with Gasteiger partial charge in [0.25, 0.3) is 0 Å². The number of unbranched alkanes of at least 4 members (excludes halogenated alkanes) is 18. The molecule has 0 aromatic carbocycles. The summed E-state index contributed by atoms with van der Waals surface area (Å²) in [7, 11) is -4.31. The Kier molecular flexibility index (Phi) is 33.4. The molecule has 1 saturated heterocycles. The molecule has 0 radical (unpaired) electrons. The van der Waals surface area contributed by atoms with Crippen LogP contribution in [0.3, 0.4) is 0 Å². The zero-order chi connectivity index (χ0) is 38.5. The van der Waals surface area contributed by atoms with Gasteiger partial charge in [0.05, 0.1) is 31.7 Å². The summed E-state index contributed by atoms with van der Waals surface area (Å²) in [6.45, 7) is 4.14. The SMILES string of the molecule is CCCCC/C=C\CC1OC1C/C=C\C/C=C\CCCC(=O)O[C@H](CO/C=C/CCCCCCCCCCCCCCCC)COP(=O)(O)OCCN. The Morgan fingerprint density at radius 1 is 0.679 bits per heavy atom. The highest BCUT2D eigenvalue weighted by molar-refractivity contribution is 7.47. The van der Waals surface area contributed by atoms with Gasteiger partial charge >= 0.3 is 13.8 Å². The van der Waals surface area contributed by atoms with Crippen LogP contribution in [0.15, 0.2) is 48.8 Å². The molecular formula is C43H78NO8P. The van der Waals surface area contributed by atoms with E-state index in [1.807, 2.05) is 6.08 Å². The first-order chi connectivity index (χ1) is 25.9. The van der Waals surface area contributed by atoms with E-state index in [0.717, 1.165) is 38.5 Å². The van der Waals surface area contributed by atoms with Crippen molar-refractivity contribution in [3.8, 4) is 0 Å². The first-order valence-electron chi connectivity index (χ1n) is 21.3. The Labute approximate surface area is 324 Å². The minimum Gasteiger partial charge on any atom is -0.498 e. The van der Waals surface area contributed by atoms with E-state index < -0.39 is 19.9 Å². The smallest absolute Gasteiger partial charge is 0.472 e. The molecule has 0 saturated carbocycles. The van der Waals surface area contributed by atoms with Gasteiger partial charge in [-0.3, -0.25) is 13.8 Å². The molecule has 308 valence electrons. The van der Waals surface area contributed by atoms with E-state index in [9.17, 15) is 14.3 Å². The van der Waals surface area contributed by atoms with Crippen LogP contribution >= 0.6 is 7.82 Å². The number of hydrogen-bond donors (Lipinski definition) is 2. The molecule has 1 fully saturated rings. The zero-order valence-corrected chi connectivity index (χ0v) is 34.6. The minimum atomic E-state index is -4.31. The highest BCUT2D eigenvalue weighted by Gasteiger charge is 2.36. The lowest BCUT2D eigenvalue weighted by atomic mass is 10.0. The molecule has 3 N–H and O–H groups in total. The van der Waals surface area contributed by atoms with E-state index >= 15 is 0 Å². The highest BCUT2D eigenvalue weighted by atomic mass is 31.2. The van der Waals surface area contributed by atoms with Crippen molar-refractivity contribution < 1.29 is 37.5 Å². The van der Waals surface area contributed by atoms with Crippen molar-refractivity contribution in [2.75, 3.05) is 26.4 Å². The second kappa shape index (κ2) is 35.9. The van der Waals surface area contributed by atoms with Crippen molar-refractivity contribution in [2.45, 2.75) is 193 Å². The van der Waals surface area contributed by atoms with Crippen LogP contribution in [0.25, 0.3) is 0 Å². The molecule has 0 aromatic heterocycles. The Bertz CT molecular complexity index is 1020. The van der Waals surface area contributed by atoms with Gasteiger partial charge in [-0.15, -0.1) is 0 Å². The maximum absolute atomic E-state index is 12.6. The molecule has 0 spiro atoms. The Hall–Kier alpha value is -1.74. The fraction of sp³-hybridized carbons (Fsp3) is 0.791. The molecule has 1 aliphatic heterocycles. The molecule has 0 aromatic rings. The predicted molar refractivity (Wildman–Crippen MR) is 219 cm³/mol. The molecule has 53 heavy (non-hydrogen) atoms. The van der Waals surface area contributed by atoms with Crippen LogP contribution in [-0.2, 0) is 32.6 Å². The fourth-order valence-corrected chi connectivity index (χ4v) is 6.70. The second-order valence-corrected chi connectivity index (χ2v) is 15.8. The summed E-state index contributed by atoms with van der Waals surface area (Å²) < 4.78 is 38.9. The number of ether oxygens (including phenoxy) is 3. The summed E-state index contributed by atoms with van der Waals surface area (Å²) in [5.74, 6) is -0.410. The summed E-state index contributed by atoms with van der Waals surface area (Å²) in [5, 5.41) is 0. The van der Waals surface area contributed by atoms with Crippen molar-refractivity contribution in [1.82, 2.24) is 0 Å². The summed E-state index contributed by atoms with van der Waals surface area (Å²) in [5.41, 5.74) is 5.36. The van der Waals surface area contributed by atoms with Crippen LogP contribution in [0.2, 0.25) is 0 Å². The van der Waals surface area contributed by atoms with Gasteiger partial charge in [0.2, 0.25) is 0 Å². The van der Waals surface area contributed by atoms with Gasteiger partial charge < -0.3 is 24.8 Å². The number of phosphoric ester groups is 1. The minimum absolute atomic E-state index is 0.00645. The van der Waals surface area contributed by atoms with Crippen LogP contribution in [0.1, 0.15) is 174 Å². The van der Waals surface area contributed by atoms with E-state index in [1.165, 1.54) is 109 Å². The van der Waals surface area contributed by atoms with Crippen molar-refractivity contribution >= 4 is 13.8 Å². The average molecular weight is 768 g/mol. The van der Waals surface area contributed by atoms with Gasteiger partial charge in [-0.1, -0.05) is 147 Å². The Balaban J connectivity index is 2.20. The Morgan fingerprint density at radius 3 is 1.83 bits per heavy atom. The van der Waals surface area contributed by atoms with E-state index in [2.05, 4.69) is 50.3 Å². The molecule has 10 heteroatoms. The maximum atomic E-state index is 12.6. The molecule has 0 amide bonds. The third-order valence-corrected chi connectivity index (χ3v) is 10.2. The first-order valence-corrected chi connectivity index (χ1v) is 22.8. The lowest BCUT2D eigenvalue weighted by molar-refractivity contribution is -0.153. The molecule has 9 nitrogen and oxygen atoms in total. The monoisotopic (exact) mass is 768 g/mol. The number of rotatable bonds is 39. The summed E-state index contributed by atoms with van der Waals surface area (Å²) in [6, 6.07) is 0. The van der Waals surface area contributed by atoms with E-state index in [1.54, 1.807) is 6.26 Å². The second-order valence-electron chi connectivity index (χ2n) is 14.3. The van der Waals surface area contributed by atoms with Crippen LogP contribution in [0, 0.1) is 0 Å². The number of phosphoric acid groups is 1. The lowest BCUT2D eigenvalue weighted by Gasteiger charge is -2.19. The van der Waals surface area contributed by atoms with Gasteiger partial charge in [-0.05, 0) is 63.9 Å². The number of carbonyl (C=O) groups excluding carboxylic acids is 1. The molecule has 0 aliphatic carbocycles. The van der Waals surface area contributed by atoms with Crippen LogP contribution in [0.5, 0.6) is 0 Å². The van der Waals surface area contributed by atoms with Crippen LogP contribution in [0.4, 0.5) is 0 Å². The van der Waals surface area contributed by atoms with Gasteiger partial charge in [0.15, 0.2) is 6.10 Å². The van der Waals surface area contributed by atoms with Gasteiger partial charge in [0, 0.05) is 13.0 Å². The number of epoxide rings is 1. The van der Waals surface area contributed by atoms with E-state index in [-0.39, 0.29) is 32.8 Å². The molecule has 1 aliphatic rings. The van der Waals surface area contributed by atoms with Gasteiger partial charge in [0.1, 0.15) is 6.61 Å².